The molecular formula is C14H20N4O3S. The second-order valence-electron chi connectivity index (χ2n) is 4.97. The van der Waals surface area contributed by atoms with Crippen LogP contribution in [-0.2, 0) is 10.0 Å². The third-order valence-corrected chi connectivity index (χ3v) is 4.70. The van der Waals surface area contributed by atoms with Gasteiger partial charge in [-0.2, -0.15) is 0 Å². The quantitative estimate of drug-likeness (QED) is 0.760. The molecule has 0 amide bonds. The lowest BCUT2D eigenvalue weighted by molar-refractivity contribution is 0.390. The molecule has 0 aromatic carbocycles. The fourth-order valence-electron chi connectivity index (χ4n) is 2.02. The number of hydrogen-bond acceptors (Lipinski definition) is 6. The van der Waals surface area contributed by atoms with Gasteiger partial charge in [-0.15, -0.1) is 0 Å². The number of anilines is 2. The molecule has 0 spiro atoms. The molecule has 2 aromatic rings. The first-order valence-corrected chi connectivity index (χ1v) is 8.58. The highest BCUT2D eigenvalue weighted by molar-refractivity contribution is 7.92. The molecule has 0 radical (unpaired) electrons. The summed E-state index contributed by atoms with van der Waals surface area (Å²) in [5.74, 6) is 0.504. The van der Waals surface area contributed by atoms with Crippen molar-refractivity contribution in [1.29, 1.82) is 0 Å². The summed E-state index contributed by atoms with van der Waals surface area (Å²) >= 11 is 0. The van der Waals surface area contributed by atoms with E-state index in [1.54, 1.807) is 32.2 Å². The third kappa shape index (κ3) is 3.76. The topological polar surface area (TPSA) is 97.1 Å². The molecule has 2 heterocycles. The molecule has 0 atom stereocenters. The van der Waals surface area contributed by atoms with Crippen LogP contribution in [0.25, 0.3) is 0 Å². The van der Waals surface area contributed by atoms with Gasteiger partial charge < -0.3 is 9.84 Å². The zero-order valence-electron chi connectivity index (χ0n) is 12.9. The monoisotopic (exact) mass is 324 g/mol. The van der Waals surface area contributed by atoms with Crippen LogP contribution in [0.1, 0.15) is 31.2 Å². The van der Waals surface area contributed by atoms with Crippen LogP contribution >= 0.6 is 0 Å². The average molecular weight is 324 g/mol. The van der Waals surface area contributed by atoms with Crippen LogP contribution in [0.3, 0.4) is 0 Å². The van der Waals surface area contributed by atoms with Gasteiger partial charge in [-0.3, -0.25) is 4.72 Å². The molecule has 7 nitrogen and oxygen atoms in total. The molecule has 0 aliphatic heterocycles. The molecule has 2 rings (SSSR count). The molecule has 8 heteroatoms. The molecule has 0 unspecified atom stereocenters. The Labute approximate surface area is 130 Å². The first kappa shape index (κ1) is 16.3. The Morgan fingerprint density at radius 2 is 2.05 bits per heavy atom. The van der Waals surface area contributed by atoms with Gasteiger partial charge in [-0.1, -0.05) is 18.5 Å². The maximum atomic E-state index is 12.3. The van der Waals surface area contributed by atoms with Crippen molar-refractivity contribution in [2.75, 3.05) is 16.6 Å². The fourth-order valence-corrected chi connectivity index (χ4v) is 3.36. The maximum Gasteiger partial charge on any atom is 0.268 e. The number of nitrogens with zero attached hydrogens (tertiary/aromatic N) is 2. The van der Waals surface area contributed by atoms with E-state index >= 15 is 0 Å². The van der Waals surface area contributed by atoms with Gasteiger partial charge in [0.2, 0.25) is 0 Å². The highest BCUT2D eigenvalue weighted by Crippen LogP contribution is 2.21. The molecule has 2 N–H and O–H groups in total. The van der Waals surface area contributed by atoms with Gasteiger partial charge in [0.15, 0.2) is 10.7 Å². The average Bonchev–Trinajstić information content (AvgIpc) is 2.81. The molecule has 0 saturated carbocycles. The van der Waals surface area contributed by atoms with Gasteiger partial charge in [0.05, 0.1) is 11.9 Å². The zero-order chi connectivity index (χ0) is 16.2. The molecule has 120 valence electrons. The van der Waals surface area contributed by atoms with Gasteiger partial charge in [-0.25, -0.2) is 13.4 Å². The van der Waals surface area contributed by atoms with E-state index in [1.165, 1.54) is 0 Å². The summed E-state index contributed by atoms with van der Waals surface area (Å²) in [4.78, 5) is 4.16. The number of sulfonamides is 1. The van der Waals surface area contributed by atoms with Crippen LogP contribution in [0.4, 0.5) is 11.5 Å². The Kier molecular flexibility index (Phi) is 5.02. The van der Waals surface area contributed by atoms with Crippen LogP contribution < -0.4 is 10.0 Å². The van der Waals surface area contributed by atoms with E-state index in [0.717, 1.165) is 25.1 Å². The van der Waals surface area contributed by atoms with Crippen molar-refractivity contribution in [3.05, 3.63) is 29.8 Å². The molecule has 22 heavy (non-hydrogen) atoms. The minimum atomic E-state index is -3.75. The summed E-state index contributed by atoms with van der Waals surface area (Å²) < 4.78 is 32.0. The number of rotatable bonds is 7. The number of pyridine rings is 1. The van der Waals surface area contributed by atoms with Gasteiger partial charge in [0.1, 0.15) is 11.5 Å². The fraction of sp³-hybridized carbons (Fsp3) is 0.429. The van der Waals surface area contributed by atoms with Gasteiger partial charge in [0.25, 0.3) is 10.0 Å². The molecule has 0 fully saturated rings. The molecule has 0 aliphatic carbocycles. The molecule has 0 bridgehead atoms. The van der Waals surface area contributed by atoms with Gasteiger partial charge in [-0.05, 0) is 32.4 Å². The summed E-state index contributed by atoms with van der Waals surface area (Å²) in [6, 6.07) is 3.40. The van der Waals surface area contributed by atoms with E-state index in [4.69, 9.17) is 4.52 Å². The Morgan fingerprint density at radius 3 is 2.59 bits per heavy atom. The lowest BCUT2D eigenvalue weighted by Gasteiger charge is -2.08. The van der Waals surface area contributed by atoms with E-state index in [1.807, 2.05) is 0 Å². The predicted molar refractivity (Wildman–Crippen MR) is 84.4 cm³/mol. The normalized spacial score (nSPS) is 11.4. The maximum absolute atomic E-state index is 12.3. The Bertz CT molecular complexity index is 704. The van der Waals surface area contributed by atoms with Crippen LogP contribution in [0, 0.1) is 13.8 Å². The predicted octanol–water partition coefficient (Wildman–Crippen LogP) is 2.70. The van der Waals surface area contributed by atoms with Crippen molar-refractivity contribution in [2.24, 2.45) is 0 Å². The van der Waals surface area contributed by atoms with Crippen LogP contribution in [0.2, 0.25) is 0 Å². The molecule has 0 aliphatic rings. The second kappa shape index (κ2) is 6.78. The van der Waals surface area contributed by atoms with Crippen LogP contribution in [0.15, 0.2) is 27.7 Å². The summed E-state index contributed by atoms with van der Waals surface area (Å²) in [5.41, 5.74) is 1.18. The number of unbranched alkanes of at least 4 members (excludes halogenated alkanes) is 1. The van der Waals surface area contributed by atoms with Crippen LogP contribution in [-0.4, -0.2) is 25.1 Å². The Morgan fingerprint density at radius 1 is 1.27 bits per heavy atom. The van der Waals surface area contributed by atoms with Gasteiger partial charge in [0, 0.05) is 6.54 Å². The van der Waals surface area contributed by atoms with Crippen molar-refractivity contribution in [3.8, 4) is 0 Å². The lowest BCUT2D eigenvalue weighted by Crippen LogP contribution is -2.15. The smallest absolute Gasteiger partial charge is 0.268 e. The van der Waals surface area contributed by atoms with Crippen molar-refractivity contribution < 1.29 is 12.9 Å². The third-order valence-electron chi connectivity index (χ3n) is 3.10. The number of hydrogen-bond donors (Lipinski definition) is 2. The molecule has 0 saturated heterocycles. The van der Waals surface area contributed by atoms with E-state index in [2.05, 4.69) is 27.1 Å². The number of nitrogens with one attached hydrogen (secondary N) is 2. The van der Waals surface area contributed by atoms with E-state index in [9.17, 15) is 8.42 Å². The summed E-state index contributed by atoms with van der Waals surface area (Å²) in [6.45, 7) is 6.12. The second-order valence-corrected chi connectivity index (χ2v) is 6.59. The highest BCUT2D eigenvalue weighted by atomic mass is 32.2. The van der Waals surface area contributed by atoms with Crippen molar-refractivity contribution in [3.63, 3.8) is 0 Å². The lowest BCUT2D eigenvalue weighted by atomic mass is 10.3. The van der Waals surface area contributed by atoms with E-state index < -0.39 is 10.0 Å². The van der Waals surface area contributed by atoms with E-state index in [-0.39, 0.29) is 16.5 Å². The summed E-state index contributed by atoms with van der Waals surface area (Å²) in [6.07, 6.45) is 3.77. The summed E-state index contributed by atoms with van der Waals surface area (Å²) in [5, 5.41) is 6.87. The van der Waals surface area contributed by atoms with Crippen molar-refractivity contribution in [2.45, 2.75) is 38.5 Å². The SMILES string of the molecule is CCCCNc1ccc(NS(=O)(=O)c2c(C)noc2C)nc1. The zero-order valence-corrected chi connectivity index (χ0v) is 13.7. The van der Waals surface area contributed by atoms with Crippen molar-refractivity contribution in [1.82, 2.24) is 10.1 Å². The first-order valence-electron chi connectivity index (χ1n) is 7.09. The summed E-state index contributed by atoms with van der Waals surface area (Å²) in [7, 11) is -3.75. The Hall–Kier alpha value is -2.09. The number of aromatic nitrogens is 2. The molecule has 2 aromatic heterocycles. The molecular weight excluding hydrogens is 304 g/mol. The van der Waals surface area contributed by atoms with E-state index in [0.29, 0.717) is 5.69 Å². The minimum absolute atomic E-state index is 0.0550. The van der Waals surface area contributed by atoms with Crippen molar-refractivity contribution >= 4 is 21.5 Å². The Balaban J connectivity index is 2.10. The van der Waals surface area contributed by atoms with Gasteiger partial charge >= 0.3 is 0 Å². The largest absolute Gasteiger partial charge is 0.384 e. The first-order chi connectivity index (χ1) is 10.4. The minimum Gasteiger partial charge on any atom is -0.384 e. The number of aryl methyl sites for hydroxylation is 2. The standard InChI is InChI=1S/C14H20N4O3S/c1-4-5-8-15-12-6-7-13(16-9-12)18-22(19,20)14-10(2)17-21-11(14)3/h6-7,9,15H,4-5,8H2,1-3H3,(H,16,18). The highest BCUT2D eigenvalue weighted by Gasteiger charge is 2.24. The van der Waals surface area contributed by atoms with Crippen LogP contribution in [0.5, 0.6) is 0 Å².